The number of methoxy groups -OCH3 is 1. The number of halogens is 1. The smallest absolute Gasteiger partial charge is 0.363 e. The molecule has 0 bridgehead atoms. The van der Waals surface area contributed by atoms with Gasteiger partial charge in [-0.3, -0.25) is 10.1 Å². The van der Waals surface area contributed by atoms with Crippen molar-refractivity contribution >= 4 is 41.2 Å². The van der Waals surface area contributed by atoms with Crippen LogP contribution in [0, 0.1) is 17.0 Å². The van der Waals surface area contributed by atoms with Gasteiger partial charge in [-0.2, -0.15) is 0 Å². The van der Waals surface area contributed by atoms with Crippen molar-refractivity contribution in [2.24, 2.45) is 4.99 Å². The molecule has 3 aromatic rings. The van der Waals surface area contributed by atoms with Crippen molar-refractivity contribution in [2.45, 2.75) is 6.92 Å². The second-order valence-corrected chi connectivity index (χ2v) is 7.78. The molecular weight excluding hydrogens is 476 g/mol. The number of cyclic esters (lactones) is 1. The molecule has 0 unspecified atom stereocenters. The lowest BCUT2D eigenvalue weighted by atomic mass is 10.1. The summed E-state index contributed by atoms with van der Waals surface area (Å²) in [6, 6.07) is 15.5. The van der Waals surface area contributed by atoms with Gasteiger partial charge >= 0.3 is 11.9 Å². The van der Waals surface area contributed by atoms with Crippen molar-refractivity contribution in [1.29, 1.82) is 0 Å². The second-order valence-electron chi connectivity index (χ2n) is 7.37. The third-order valence-corrected chi connectivity index (χ3v) is 5.39. The lowest BCUT2D eigenvalue weighted by Gasteiger charge is -2.11. The maximum absolute atomic E-state index is 12.5. The van der Waals surface area contributed by atoms with Crippen LogP contribution >= 0.6 is 11.6 Å². The Bertz CT molecular complexity index is 1430. The molecule has 1 aliphatic rings. The van der Waals surface area contributed by atoms with Crippen LogP contribution in [0.15, 0.2) is 71.4 Å². The standard InChI is InChI=1S/C25H17ClN2O7/c1-14-5-3-4-6-17(14)24(29)34-21-10-7-15(12-22(21)33-2)11-20-25(30)35-23(27-20)18-9-8-16(28(31)32)13-19(18)26/h3-13H,1-2H3/b20-11-. The summed E-state index contributed by atoms with van der Waals surface area (Å²) in [4.78, 5) is 39.4. The van der Waals surface area contributed by atoms with Crippen molar-refractivity contribution in [1.82, 2.24) is 0 Å². The molecule has 35 heavy (non-hydrogen) atoms. The van der Waals surface area contributed by atoms with Crippen molar-refractivity contribution in [3.63, 3.8) is 0 Å². The van der Waals surface area contributed by atoms with E-state index in [1.165, 1.54) is 25.3 Å². The van der Waals surface area contributed by atoms with Crippen molar-refractivity contribution in [3.05, 3.63) is 104 Å². The van der Waals surface area contributed by atoms with E-state index < -0.39 is 16.9 Å². The number of hydrogen-bond acceptors (Lipinski definition) is 8. The molecule has 10 heteroatoms. The fraction of sp³-hybridized carbons (Fsp3) is 0.0800. The van der Waals surface area contributed by atoms with Gasteiger partial charge in [-0.05, 0) is 48.4 Å². The fourth-order valence-corrected chi connectivity index (χ4v) is 3.54. The molecule has 0 aliphatic carbocycles. The monoisotopic (exact) mass is 492 g/mol. The number of aryl methyl sites for hydroxylation is 1. The van der Waals surface area contributed by atoms with Crippen LogP contribution in [0.25, 0.3) is 6.08 Å². The Morgan fingerprint density at radius 2 is 1.89 bits per heavy atom. The van der Waals surface area contributed by atoms with E-state index >= 15 is 0 Å². The molecule has 1 heterocycles. The Kier molecular flexibility index (Phi) is 6.61. The summed E-state index contributed by atoms with van der Waals surface area (Å²) >= 11 is 6.11. The highest BCUT2D eigenvalue weighted by atomic mass is 35.5. The number of carbonyl (C=O) groups is 2. The summed E-state index contributed by atoms with van der Waals surface area (Å²) in [5, 5.41) is 10.9. The van der Waals surface area contributed by atoms with Crippen LogP contribution in [0.1, 0.15) is 27.0 Å². The van der Waals surface area contributed by atoms with Crippen LogP contribution in [-0.2, 0) is 9.53 Å². The van der Waals surface area contributed by atoms with Crippen LogP contribution in [0.4, 0.5) is 5.69 Å². The van der Waals surface area contributed by atoms with Gasteiger partial charge in [-0.25, -0.2) is 14.6 Å². The van der Waals surface area contributed by atoms with Gasteiger partial charge in [0.05, 0.1) is 28.2 Å². The van der Waals surface area contributed by atoms with Crippen LogP contribution in [0.5, 0.6) is 11.5 Å². The Morgan fingerprint density at radius 3 is 2.57 bits per heavy atom. The highest BCUT2D eigenvalue weighted by Gasteiger charge is 2.26. The Morgan fingerprint density at radius 1 is 1.11 bits per heavy atom. The third-order valence-electron chi connectivity index (χ3n) is 5.07. The maximum Gasteiger partial charge on any atom is 0.363 e. The van der Waals surface area contributed by atoms with Crippen LogP contribution in [0.2, 0.25) is 5.02 Å². The number of rotatable bonds is 6. The topological polar surface area (TPSA) is 117 Å². The highest BCUT2D eigenvalue weighted by molar-refractivity contribution is 6.34. The number of esters is 2. The number of aliphatic imine (C=N–C) groups is 1. The molecule has 0 saturated carbocycles. The molecule has 0 aromatic heterocycles. The summed E-state index contributed by atoms with van der Waals surface area (Å²) in [6.45, 7) is 1.81. The van der Waals surface area contributed by atoms with Gasteiger partial charge in [-0.15, -0.1) is 0 Å². The molecule has 0 spiro atoms. The Labute approximate surface area is 204 Å². The molecule has 0 fully saturated rings. The average Bonchev–Trinajstić information content (AvgIpc) is 3.19. The summed E-state index contributed by atoms with van der Waals surface area (Å²) in [5.41, 5.74) is 1.77. The van der Waals surface area contributed by atoms with E-state index in [0.29, 0.717) is 11.1 Å². The first-order valence-electron chi connectivity index (χ1n) is 10.2. The highest BCUT2D eigenvalue weighted by Crippen LogP contribution is 2.31. The van der Waals surface area contributed by atoms with Crippen molar-refractivity contribution in [2.75, 3.05) is 7.11 Å². The van der Waals surface area contributed by atoms with E-state index in [-0.39, 0.29) is 39.4 Å². The third kappa shape index (κ3) is 5.04. The predicted molar refractivity (Wildman–Crippen MR) is 128 cm³/mol. The largest absolute Gasteiger partial charge is 0.493 e. The van der Waals surface area contributed by atoms with Crippen LogP contribution in [-0.4, -0.2) is 29.9 Å². The number of nitro benzene ring substituents is 1. The molecule has 0 N–H and O–H groups in total. The predicted octanol–water partition coefficient (Wildman–Crippen LogP) is 5.13. The molecule has 0 atom stereocenters. The first-order chi connectivity index (χ1) is 16.8. The molecule has 9 nitrogen and oxygen atoms in total. The quantitative estimate of drug-likeness (QED) is 0.154. The van der Waals surface area contributed by atoms with Gasteiger partial charge in [-0.1, -0.05) is 35.9 Å². The zero-order valence-corrected chi connectivity index (χ0v) is 19.2. The lowest BCUT2D eigenvalue weighted by Crippen LogP contribution is -2.10. The number of hydrogen-bond donors (Lipinski definition) is 0. The maximum atomic E-state index is 12.5. The summed E-state index contributed by atoms with van der Waals surface area (Å²) < 4.78 is 16.0. The van der Waals surface area contributed by atoms with E-state index in [9.17, 15) is 19.7 Å². The van der Waals surface area contributed by atoms with Gasteiger partial charge in [0.2, 0.25) is 5.90 Å². The van der Waals surface area contributed by atoms with Gasteiger partial charge in [0.15, 0.2) is 17.2 Å². The molecule has 1 aliphatic heterocycles. The van der Waals surface area contributed by atoms with E-state index in [1.807, 2.05) is 19.1 Å². The fourth-order valence-electron chi connectivity index (χ4n) is 3.29. The second kappa shape index (κ2) is 9.78. The average molecular weight is 493 g/mol. The van der Waals surface area contributed by atoms with E-state index in [0.717, 1.165) is 11.6 Å². The molecule has 0 saturated heterocycles. The van der Waals surface area contributed by atoms with Crippen LogP contribution < -0.4 is 9.47 Å². The molecule has 4 rings (SSSR count). The SMILES string of the molecule is COc1cc(/C=C2\N=C(c3ccc([N+](=O)[O-])cc3Cl)OC2=O)ccc1OC(=O)c1ccccc1C. The van der Waals surface area contributed by atoms with Crippen molar-refractivity contribution < 1.29 is 28.7 Å². The first-order valence-corrected chi connectivity index (χ1v) is 10.6. The minimum Gasteiger partial charge on any atom is -0.493 e. The summed E-state index contributed by atoms with van der Waals surface area (Å²) in [7, 11) is 1.42. The number of ether oxygens (including phenoxy) is 3. The van der Waals surface area contributed by atoms with Gasteiger partial charge < -0.3 is 14.2 Å². The zero-order valence-electron chi connectivity index (χ0n) is 18.5. The number of carbonyl (C=O) groups excluding carboxylic acids is 2. The van der Waals surface area contributed by atoms with Gasteiger partial charge in [0.25, 0.3) is 5.69 Å². The van der Waals surface area contributed by atoms with E-state index in [4.69, 9.17) is 25.8 Å². The Balaban J connectivity index is 1.59. The van der Waals surface area contributed by atoms with Crippen molar-refractivity contribution in [3.8, 4) is 11.5 Å². The first kappa shape index (κ1) is 23.7. The normalized spacial score (nSPS) is 13.9. The lowest BCUT2D eigenvalue weighted by molar-refractivity contribution is -0.384. The number of nitro groups is 1. The Hall–Kier alpha value is -4.50. The number of benzene rings is 3. The molecule has 0 radical (unpaired) electrons. The van der Waals surface area contributed by atoms with E-state index in [2.05, 4.69) is 4.99 Å². The number of nitrogens with zero attached hydrogens (tertiary/aromatic N) is 2. The summed E-state index contributed by atoms with van der Waals surface area (Å²) in [6.07, 6.45) is 1.46. The van der Waals surface area contributed by atoms with Gasteiger partial charge in [0.1, 0.15) is 0 Å². The van der Waals surface area contributed by atoms with Gasteiger partial charge in [0, 0.05) is 12.1 Å². The molecular formula is C25H17ClN2O7. The molecule has 3 aromatic carbocycles. The van der Waals surface area contributed by atoms with Crippen LogP contribution in [0.3, 0.4) is 0 Å². The molecule has 0 amide bonds. The molecule has 176 valence electrons. The number of non-ortho nitro benzene ring substituents is 1. The van der Waals surface area contributed by atoms with E-state index in [1.54, 1.807) is 30.3 Å². The minimum absolute atomic E-state index is 0.0128. The zero-order chi connectivity index (χ0) is 25.1. The minimum atomic E-state index is -0.719. The summed E-state index contributed by atoms with van der Waals surface area (Å²) in [5.74, 6) is -0.838.